The Morgan fingerprint density at radius 1 is 0.889 bits per heavy atom. The van der Waals surface area contributed by atoms with Gasteiger partial charge in [-0.05, 0) is 24.0 Å². The maximum Gasteiger partial charge on any atom is 0.327 e. The molecule has 0 fully saturated rings. The Balaban J connectivity index is 2.56. The fraction of sp³-hybridized carbons (Fsp3) is 0.286. The first kappa shape index (κ1) is 20.2. The molecule has 1 amide bonds. The van der Waals surface area contributed by atoms with Crippen LogP contribution in [0.15, 0.2) is 60.7 Å². The lowest BCUT2D eigenvalue weighted by atomic mass is 9.70. The third-order valence-electron chi connectivity index (χ3n) is 4.58. The summed E-state index contributed by atoms with van der Waals surface area (Å²) < 4.78 is 0. The van der Waals surface area contributed by atoms with Gasteiger partial charge in [-0.1, -0.05) is 67.6 Å². The Hall–Kier alpha value is -3.15. The summed E-state index contributed by atoms with van der Waals surface area (Å²) >= 11 is 0. The Morgan fingerprint density at radius 3 is 1.67 bits per heavy atom. The van der Waals surface area contributed by atoms with Crippen molar-refractivity contribution < 1.29 is 24.6 Å². The Bertz CT molecular complexity index is 747. The topological polar surface area (TPSA) is 104 Å². The average molecular weight is 369 g/mol. The number of nitrogens with one attached hydrogen (secondary N) is 1. The number of benzene rings is 2. The standard InChI is InChI=1S/C21H23NO5/c1-2-17(23)22-18(19(24)25)21(20(26)27,13-15-9-5-3-6-10-15)14-16-11-7-4-8-12-16/h3-12,18H,2,13-14H2,1H3,(H,22,23)(H,24,25)(H,26,27)/t18-/m1/s1. The summed E-state index contributed by atoms with van der Waals surface area (Å²) in [6.07, 6.45) is 0.00814. The molecular weight excluding hydrogens is 346 g/mol. The normalized spacial score (nSPS) is 12.2. The fourth-order valence-electron chi connectivity index (χ4n) is 3.16. The van der Waals surface area contributed by atoms with Gasteiger partial charge in [0.1, 0.15) is 11.5 Å². The zero-order chi connectivity index (χ0) is 19.9. The fourth-order valence-corrected chi connectivity index (χ4v) is 3.16. The molecule has 0 unspecified atom stereocenters. The minimum absolute atomic E-state index is 0.0287. The third-order valence-corrected chi connectivity index (χ3v) is 4.58. The summed E-state index contributed by atoms with van der Waals surface area (Å²) in [7, 11) is 0. The van der Waals surface area contributed by atoms with Gasteiger partial charge in [0.05, 0.1) is 0 Å². The summed E-state index contributed by atoms with van der Waals surface area (Å²) in [4.78, 5) is 36.4. The zero-order valence-electron chi connectivity index (χ0n) is 15.1. The van der Waals surface area contributed by atoms with Gasteiger partial charge < -0.3 is 15.5 Å². The van der Waals surface area contributed by atoms with Crippen LogP contribution in [0.1, 0.15) is 24.5 Å². The van der Waals surface area contributed by atoms with E-state index in [-0.39, 0.29) is 19.3 Å². The number of amides is 1. The summed E-state index contributed by atoms with van der Waals surface area (Å²) in [6, 6.07) is 16.1. The minimum atomic E-state index is -1.74. The van der Waals surface area contributed by atoms with Crippen LogP contribution in [-0.4, -0.2) is 34.1 Å². The van der Waals surface area contributed by atoms with Gasteiger partial charge in [-0.3, -0.25) is 9.59 Å². The molecule has 0 aliphatic rings. The molecule has 2 aromatic rings. The van der Waals surface area contributed by atoms with E-state index in [0.29, 0.717) is 11.1 Å². The molecule has 2 aromatic carbocycles. The SMILES string of the molecule is CCC(=O)N[C@H](C(=O)O)C(Cc1ccccc1)(Cc1ccccc1)C(=O)O. The van der Waals surface area contributed by atoms with Crippen molar-refractivity contribution in [1.29, 1.82) is 0 Å². The molecule has 2 rings (SSSR count). The van der Waals surface area contributed by atoms with E-state index in [0.717, 1.165) is 0 Å². The van der Waals surface area contributed by atoms with Gasteiger partial charge in [-0.2, -0.15) is 0 Å². The van der Waals surface area contributed by atoms with E-state index in [2.05, 4.69) is 5.32 Å². The molecule has 3 N–H and O–H groups in total. The predicted molar refractivity (Wildman–Crippen MR) is 100 cm³/mol. The van der Waals surface area contributed by atoms with Crippen LogP contribution in [-0.2, 0) is 27.2 Å². The lowest BCUT2D eigenvalue weighted by Gasteiger charge is -2.35. The van der Waals surface area contributed by atoms with Crippen LogP contribution < -0.4 is 5.32 Å². The molecule has 0 aliphatic carbocycles. The molecule has 0 saturated carbocycles. The first-order valence-corrected chi connectivity index (χ1v) is 8.72. The highest BCUT2D eigenvalue weighted by Gasteiger charge is 2.50. The molecule has 0 bridgehead atoms. The highest BCUT2D eigenvalue weighted by atomic mass is 16.4. The van der Waals surface area contributed by atoms with Crippen LogP contribution in [0.2, 0.25) is 0 Å². The van der Waals surface area contributed by atoms with Crippen LogP contribution in [0, 0.1) is 5.41 Å². The molecule has 6 nitrogen and oxygen atoms in total. The second-order valence-corrected chi connectivity index (χ2v) is 6.48. The third kappa shape index (κ3) is 4.94. The van der Waals surface area contributed by atoms with Gasteiger partial charge in [0.2, 0.25) is 5.91 Å². The minimum Gasteiger partial charge on any atom is -0.481 e. The van der Waals surface area contributed by atoms with E-state index in [9.17, 15) is 24.6 Å². The van der Waals surface area contributed by atoms with E-state index in [4.69, 9.17) is 0 Å². The molecule has 27 heavy (non-hydrogen) atoms. The molecule has 0 aromatic heterocycles. The molecular formula is C21H23NO5. The van der Waals surface area contributed by atoms with Crippen molar-refractivity contribution in [2.24, 2.45) is 5.41 Å². The second-order valence-electron chi connectivity index (χ2n) is 6.48. The smallest absolute Gasteiger partial charge is 0.327 e. The number of carboxylic acids is 2. The quantitative estimate of drug-likeness (QED) is 0.630. The van der Waals surface area contributed by atoms with Gasteiger partial charge in [0, 0.05) is 6.42 Å². The van der Waals surface area contributed by atoms with Crippen molar-refractivity contribution in [3.63, 3.8) is 0 Å². The molecule has 0 aliphatic heterocycles. The molecule has 0 heterocycles. The zero-order valence-corrected chi connectivity index (χ0v) is 15.1. The van der Waals surface area contributed by atoms with Crippen molar-refractivity contribution in [3.05, 3.63) is 71.8 Å². The summed E-state index contributed by atoms with van der Waals surface area (Å²) in [5, 5.41) is 22.3. The van der Waals surface area contributed by atoms with E-state index in [1.54, 1.807) is 67.6 Å². The second kappa shape index (κ2) is 8.98. The highest BCUT2D eigenvalue weighted by Crippen LogP contribution is 2.33. The van der Waals surface area contributed by atoms with E-state index >= 15 is 0 Å². The number of carboxylic acid groups (broad SMARTS) is 2. The number of carbonyl (C=O) groups is 3. The summed E-state index contributed by atoms with van der Waals surface area (Å²) in [5.74, 6) is -3.14. The number of rotatable bonds is 9. The molecule has 0 saturated heterocycles. The molecule has 142 valence electrons. The van der Waals surface area contributed by atoms with Gasteiger partial charge in [0.25, 0.3) is 0 Å². The van der Waals surface area contributed by atoms with E-state index < -0.39 is 29.3 Å². The largest absolute Gasteiger partial charge is 0.481 e. The van der Waals surface area contributed by atoms with Gasteiger partial charge in [-0.25, -0.2) is 4.79 Å². The maximum atomic E-state index is 12.4. The number of carbonyl (C=O) groups excluding carboxylic acids is 1. The molecule has 6 heteroatoms. The van der Waals surface area contributed by atoms with Crippen molar-refractivity contribution >= 4 is 17.8 Å². The lowest BCUT2D eigenvalue weighted by molar-refractivity contribution is -0.160. The monoisotopic (exact) mass is 369 g/mol. The summed E-state index contributed by atoms with van der Waals surface area (Å²) in [5.41, 5.74) is -0.361. The van der Waals surface area contributed by atoms with Crippen molar-refractivity contribution in [1.82, 2.24) is 5.32 Å². The first-order valence-electron chi connectivity index (χ1n) is 8.72. The van der Waals surface area contributed by atoms with Crippen LogP contribution >= 0.6 is 0 Å². The van der Waals surface area contributed by atoms with Crippen LogP contribution in [0.25, 0.3) is 0 Å². The maximum absolute atomic E-state index is 12.4. The van der Waals surface area contributed by atoms with E-state index in [1.165, 1.54) is 0 Å². The van der Waals surface area contributed by atoms with Crippen LogP contribution in [0.3, 0.4) is 0 Å². The Morgan fingerprint density at radius 2 is 1.33 bits per heavy atom. The Kier molecular flexibility index (Phi) is 6.71. The van der Waals surface area contributed by atoms with Crippen LogP contribution in [0.5, 0.6) is 0 Å². The lowest BCUT2D eigenvalue weighted by Crippen LogP contribution is -2.58. The van der Waals surface area contributed by atoms with Crippen LogP contribution in [0.4, 0.5) is 0 Å². The van der Waals surface area contributed by atoms with Gasteiger partial charge >= 0.3 is 11.9 Å². The Labute approximate surface area is 157 Å². The highest BCUT2D eigenvalue weighted by molar-refractivity contribution is 5.90. The van der Waals surface area contributed by atoms with Crippen molar-refractivity contribution in [3.8, 4) is 0 Å². The number of hydrogen-bond acceptors (Lipinski definition) is 3. The molecule has 1 atom stereocenters. The van der Waals surface area contributed by atoms with Crippen molar-refractivity contribution in [2.45, 2.75) is 32.2 Å². The summed E-state index contributed by atoms with van der Waals surface area (Å²) in [6.45, 7) is 1.59. The molecule has 0 spiro atoms. The van der Waals surface area contributed by atoms with Crippen molar-refractivity contribution in [2.75, 3.05) is 0 Å². The number of aliphatic carboxylic acids is 2. The average Bonchev–Trinajstić information content (AvgIpc) is 2.66. The van der Waals surface area contributed by atoms with E-state index in [1.807, 2.05) is 0 Å². The predicted octanol–water partition coefficient (Wildman–Crippen LogP) is 2.52. The van der Waals surface area contributed by atoms with Gasteiger partial charge in [-0.15, -0.1) is 0 Å². The van der Waals surface area contributed by atoms with Gasteiger partial charge in [0.15, 0.2) is 0 Å². The first-order chi connectivity index (χ1) is 12.9. The molecule has 0 radical (unpaired) electrons. The number of hydrogen-bond donors (Lipinski definition) is 3.